The standard InChI is InChI=1S/C20H21NO3/c1-2-24-18-11-9-17(10-12-18)21-14-6-13-20(21,23)19(22)15-16-7-4-3-5-8-16/h3-12,14,23H,2,13,15H2,1H3. The Kier molecular flexibility index (Phi) is 4.67. The van der Waals surface area contributed by atoms with E-state index in [2.05, 4.69) is 0 Å². The molecule has 1 N–H and O–H groups in total. The van der Waals surface area contributed by atoms with Crippen molar-refractivity contribution < 1.29 is 14.6 Å². The summed E-state index contributed by atoms with van der Waals surface area (Å²) >= 11 is 0. The van der Waals surface area contributed by atoms with Crippen molar-refractivity contribution in [2.75, 3.05) is 11.5 Å². The molecule has 4 nitrogen and oxygen atoms in total. The number of rotatable bonds is 6. The fourth-order valence-electron chi connectivity index (χ4n) is 2.88. The number of anilines is 1. The van der Waals surface area contributed by atoms with E-state index in [0.29, 0.717) is 6.61 Å². The predicted molar refractivity (Wildman–Crippen MR) is 93.9 cm³/mol. The van der Waals surface area contributed by atoms with Crippen LogP contribution in [0.15, 0.2) is 66.9 Å². The van der Waals surface area contributed by atoms with Crippen LogP contribution in [0.5, 0.6) is 5.75 Å². The number of ketones is 1. The van der Waals surface area contributed by atoms with Gasteiger partial charge in [0.1, 0.15) is 5.75 Å². The summed E-state index contributed by atoms with van der Waals surface area (Å²) in [6, 6.07) is 16.9. The molecule has 1 unspecified atom stereocenters. The molecular weight excluding hydrogens is 302 g/mol. The number of ether oxygens (including phenoxy) is 1. The van der Waals surface area contributed by atoms with E-state index >= 15 is 0 Å². The molecule has 124 valence electrons. The SMILES string of the molecule is CCOc1ccc(N2C=CCC2(O)C(=O)Cc2ccccc2)cc1. The predicted octanol–water partition coefficient (Wildman–Crippen LogP) is 3.31. The monoisotopic (exact) mass is 323 g/mol. The van der Waals surface area contributed by atoms with Crippen LogP contribution in [-0.2, 0) is 11.2 Å². The van der Waals surface area contributed by atoms with Gasteiger partial charge in [-0.05, 0) is 36.8 Å². The molecule has 1 atom stereocenters. The van der Waals surface area contributed by atoms with Crippen molar-refractivity contribution in [3.05, 3.63) is 72.4 Å². The van der Waals surface area contributed by atoms with Crippen LogP contribution in [0.1, 0.15) is 18.9 Å². The molecule has 0 spiro atoms. The van der Waals surface area contributed by atoms with Crippen LogP contribution in [0.25, 0.3) is 0 Å². The van der Waals surface area contributed by atoms with Gasteiger partial charge in [-0.15, -0.1) is 0 Å². The Morgan fingerprint density at radius 3 is 2.54 bits per heavy atom. The first-order valence-electron chi connectivity index (χ1n) is 8.12. The van der Waals surface area contributed by atoms with Crippen LogP contribution < -0.4 is 9.64 Å². The minimum absolute atomic E-state index is 0.201. The third-order valence-corrected chi connectivity index (χ3v) is 4.14. The summed E-state index contributed by atoms with van der Waals surface area (Å²) in [6.07, 6.45) is 4.07. The van der Waals surface area contributed by atoms with Gasteiger partial charge in [0.15, 0.2) is 5.78 Å². The Labute approximate surface area is 142 Å². The number of carbonyl (C=O) groups excluding carboxylic acids is 1. The molecule has 0 saturated heterocycles. The lowest BCUT2D eigenvalue weighted by Gasteiger charge is -2.33. The van der Waals surface area contributed by atoms with Crippen molar-refractivity contribution in [1.29, 1.82) is 0 Å². The van der Waals surface area contributed by atoms with Crippen LogP contribution in [0.2, 0.25) is 0 Å². The van der Waals surface area contributed by atoms with E-state index in [1.807, 2.05) is 67.6 Å². The van der Waals surface area contributed by atoms with Gasteiger partial charge in [0.2, 0.25) is 5.72 Å². The first kappa shape index (κ1) is 16.3. The Bertz CT molecular complexity index is 724. The van der Waals surface area contributed by atoms with E-state index < -0.39 is 5.72 Å². The molecular formula is C20H21NO3. The van der Waals surface area contributed by atoms with Gasteiger partial charge >= 0.3 is 0 Å². The minimum atomic E-state index is -1.54. The molecule has 0 aromatic heterocycles. The first-order valence-corrected chi connectivity index (χ1v) is 8.12. The maximum atomic E-state index is 12.7. The van der Waals surface area contributed by atoms with Crippen molar-refractivity contribution in [2.24, 2.45) is 0 Å². The molecule has 0 saturated carbocycles. The maximum Gasteiger partial charge on any atom is 0.206 e. The van der Waals surface area contributed by atoms with Crippen molar-refractivity contribution in [1.82, 2.24) is 0 Å². The van der Waals surface area contributed by atoms with Gasteiger partial charge in [-0.2, -0.15) is 0 Å². The topological polar surface area (TPSA) is 49.8 Å². The highest BCUT2D eigenvalue weighted by molar-refractivity contribution is 5.93. The molecule has 0 radical (unpaired) electrons. The molecule has 1 heterocycles. The number of nitrogens with zero attached hydrogens (tertiary/aromatic N) is 1. The summed E-state index contributed by atoms with van der Waals surface area (Å²) < 4.78 is 5.44. The largest absolute Gasteiger partial charge is 0.494 e. The summed E-state index contributed by atoms with van der Waals surface area (Å²) in [4.78, 5) is 14.4. The lowest BCUT2D eigenvalue weighted by atomic mass is 9.98. The van der Waals surface area contributed by atoms with Crippen molar-refractivity contribution in [2.45, 2.75) is 25.5 Å². The van der Waals surface area contributed by atoms with Gasteiger partial charge in [-0.25, -0.2) is 0 Å². The third-order valence-electron chi connectivity index (χ3n) is 4.14. The summed E-state index contributed by atoms with van der Waals surface area (Å²) in [7, 11) is 0. The van der Waals surface area contributed by atoms with Crippen LogP contribution >= 0.6 is 0 Å². The Hall–Kier alpha value is -2.59. The molecule has 0 bridgehead atoms. The van der Waals surface area contributed by atoms with E-state index in [4.69, 9.17) is 4.74 Å². The third kappa shape index (κ3) is 3.19. The molecule has 0 fully saturated rings. The van der Waals surface area contributed by atoms with E-state index in [1.54, 1.807) is 11.1 Å². The zero-order valence-electron chi connectivity index (χ0n) is 13.7. The molecule has 24 heavy (non-hydrogen) atoms. The van der Waals surface area contributed by atoms with Gasteiger partial charge in [0.05, 0.1) is 6.61 Å². The van der Waals surface area contributed by atoms with Gasteiger partial charge < -0.3 is 14.7 Å². The highest BCUT2D eigenvalue weighted by atomic mass is 16.5. The molecule has 3 rings (SSSR count). The summed E-state index contributed by atoms with van der Waals surface area (Å²) in [5, 5.41) is 11.0. The average Bonchev–Trinajstić information content (AvgIpc) is 3.00. The number of benzene rings is 2. The number of Topliss-reactive ketones (excluding diaryl/α,β-unsaturated/α-hetero) is 1. The molecule has 0 aliphatic carbocycles. The van der Waals surface area contributed by atoms with Crippen molar-refractivity contribution in [3.63, 3.8) is 0 Å². The molecule has 0 amide bonds. The Morgan fingerprint density at radius 2 is 1.88 bits per heavy atom. The fourth-order valence-corrected chi connectivity index (χ4v) is 2.88. The molecule has 4 heteroatoms. The maximum absolute atomic E-state index is 12.7. The van der Waals surface area contributed by atoms with Crippen LogP contribution in [0.3, 0.4) is 0 Å². The van der Waals surface area contributed by atoms with Gasteiger partial charge in [0.25, 0.3) is 0 Å². The normalized spacial score (nSPS) is 19.5. The lowest BCUT2D eigenvalue weighted by molar-refractivity contribution is -0.135. The van der Waals surface area contributed by atoms with E-state index in [1.165, 1.54) is 0 Å². The highest BCUT2D eigenvalue weighted by Crippen LogP contribution is 2.33. The van der Waals surface area contributed by atoms with E-state index in [-0.39, 0.29) is 18.6 Å². The van der Waals surface area contributed by atoms with Gasteiger partial charge in [0, 0.05) is 24.7 Å². The second-order valence-electron chi connectivity index (χ2n) is 5.79. The molecule has 2 aromatic carbocycles. The first-order chi connectivity index (χ1) is 11.6. The second kappa shape index (κ2) is 6.89. The van der Waals surface area contributed by atoms with Crippen LogP contribution in [0.4, 0.5) is 5.69 Å². The number of hydrogen-bond donors (Lipinski definition) is 1. The number of carbonyl (C=O) groups is 1. The number of aliphatic hydroxyl groups is 1. The second-order valence-corrected chi connectivity index (χ2v) is 5.79. The minimum Gasteiger partial charge on any atom is -0.494 e. The zero-order chi connectivity index (χ0) is 17.0. The summed E-state index contributed by atoms with van der Waals surface area (Å²) in [5.41, 5.74) is 0.119. The number of hydrogen-bond acceptors (Lipinski definition) is 4. The quantitative estimate of drug-likeness (QED) is 0.886. The fraction of sp³-hybridized carbons (Fsp3) is 0.250. The van der Waals surface area contributed by atoms with Crippen molar-refractivity contribution >= 4 is 11.5 Å². The van der Waals surface area contributed by atoms with Crippen LogP contribution in [-0.4, -0.2) is 23.2 Å². The highest BCUT2D eigenvalue weighted by Gasteiger charge is 2.42. The Balaban J connectivity index is 1.80. The lowest BCUT2D eigenvalue weighted by Crippen LogP contribution is -2.50. The van der Waals surface area contributed by atoms with Gasteiger partial charge in [-0.3, -0.25) is 4.79 Å². The summed E-state index contributed by atoms with van der Waals surface area (Å²) in [5.74, 6) is 0.552. The molecule has 1 aliphatic rings. The average molecular weight is 323 g/mol. The molecule has 2 aromatic rings. The smallest absolute Gasteiger partial charge is 0.206 e. The van der Waals surface area contributed by atoms with Gasteiger partial charge in [-0.1, -0.05) is 36.4 Å². The van der Waals surface area contributed by atoms with E-state index in [0.717, 1.165) is 17.0 Å². The van der Waals surface area contributed by atoms with E-state index in [9.17, 15) is 9.90 Å². The Morgan fingerprint density at radius 1 is 1.17 bits per heavy atom. The summed E-state index contributed by atoms with van der Waals surface area (Å²) in [6.45, 7) is 2.53. The van der Waals surface area contributed by atoms with Crippen LogP contribution in [0, 0.1) is 0 Å². The zero-order valence-corrected chi connectivity index (χ0v) is 13.7. The molecule has 1 aliphatic heterocycles. The van der Waals surface area contributed by atoms with Crippen molar-refractivity contribution in [3.8, 4) is 5.75 Å².